The molecule has 0 spiro atoms. The summed E-state index contributed by atoms with van der Waals surface area (Å²) in [5.74, 6) is 0.0418. The molecule has 3 rings (SSSR count). The van der Waals surface area contributed by atoms with Crippen molar-refractivity contribution >= 4 is 16.7 Å². The first-order valence-electron chi connectivity index (χ1n) is 6.42. The first-order valence-corrected chi connectivity index (χ1v) is 6.42. The van der Waals surface area contributed by atoms with Crippen LogP contribution in [0, 0.1) is 11.6 Å². The number of anilines is 1. The number of para-hydroxylation sites is 1. The summed E-state index contributed by atoms with van der Waals surface area (Å²) in [6.45, 7) is 0.292. The van der Waals surface area contributed by atoms with Gasteiger partial charge in [0.15, 0.2) is 11.3 Å². The number of methoxy groups -OCH3 is 1. The van der Waals surface area contributed by atoms with Crippen molar-refractivity contribution in [2.45, 2.75) is 6.54 Å². The van der Waals surface area contributed by atoms with Crippen molar-refractivity contribution in [3.63, 3.8) is 0 Å². The molecular formula is C16H13F2NO2. The Hall–Kier alpha value is -2.56. The van der Waals surface area contributed by atoms with E-state index < -0.39 is 11.6 Å². The highest BCUT2D eigenvalue weighted by atomic mass is 19.1. The summed E-state index contributed by atoms with van der Waals surface area (Å²) >= 11 is 0. The minimum Gasteiger partial charge on any atom is -0.493 e. The van der Waals surface area contributed by atoms with Gasteiger partial charge in [-0.3, -0.25) is 0 Å². The van der Waals surface area contributed by atoms with E-state index in [2.05, 4.69) is 5.32 Å². The van der Waals surface area contributed by atoms with Gasteiger partial charge in [0.1, 0.15) is 17.4 Å². The fraction of sp³-hybridized carbons (Fsp3) is 0.125. The van der Waals surface area contributed by atoms with Crippen molar-refractivity contribution in [2.75, 3.05) is 12.4 Å². The Balaban J connectivity index is 1.82. The topological polar surface area (TPSA) is 34.4 Å². The molecule has 0 saturated carbocycles. The molecule has 108 valence electrons. The van der Waals surface area contributed by atoms with Crippen molar-refractivity contribution in [3.8, 4) is 5.75 Å². The molecule has 1 aromatic heterocycles. The molecule has 2 aromatic carbocycles. The Morgan fingerprint density at radius 1 is 1.14 bits per heavy atom. The molecule has 21 heavy (non-hydrogen) atoms. The van der Waals surface area contributed by atoms with E-state index in [1.54, 1.807) is 7.11 Å². The summed E-state index contributed by atoms with van der Waals surface area (Å²) < 4.78 is 37.3. The molecule has 0 aliphatic rings. The third kappa shape index (κ3) is 2.67. The van der Waals surface area contributed by atoms with Crippen LogP contribution in [0.3, 0.4) is 0 Å². The van der Waals surface area contributed by atoms with Crippen LogP contribution in [0.5, 0.6) is 5.75 Å². The van der Waals surface area contributed by atoms with Gasteiger partial charge in [-0.2, -0.15) is 0 Å². The molecular weight excluding hydrogens is 276 g/mol. The lowest BCUT2D eigenvalue weighted by molar-refractivity contribution is 0.408. The second-order valence-corrected chi connectivity index (χ2v) is 4.57. The molecule has 0 fully saturated rings. The van der Waals surface area contributed by atoms with Gasteiger partial charge in [-0.05, 0) is 24.3 Å². The molecule has 0 unspecified atom stereocenters. The predicted octanol–water partition coefficient (Wildman–Crippen LogP) is 4.33. The van der Waals surface area contributed by atoms with Crippen molar-refractivity contribution < 1.29 is 17.9 Å². The number of hydrogen-bond acceptors (Lipinski definition) is 3. The average Bonchev–Trinajstić information content (AvgIpc) is 2.89. The van der Waals surface area contributed by atoms with E-state index in [1.165, 1.54) is 12.1 Å². The van der Waals surface area contributed by atoms with Crippen LogP contribution in [-0.2, 0) is 6.54 Å². The molecule has 1 N–H and O–H groups in total. The minimum absolute atomic E-state index is 0.226. The van der Waals surface area contributed by atoms with Crippen LogP contribution in [0.25, 0.3) is 11.0 Å². The van der Waals surface area contributed by atoms with E-state index in [0.717, 1.165) is 11.5 Å². The zero-order valence-electron chi connectivity index (χ0n) is 11.3. The van der Waals surface area contributed by atoms with Crippen LogP contribution in [0.4, 0.5) is 14.5 Å². The lowest BCUT2D eigenvalue weighted by Gasteiger charge is -2.05. The van der Waals surface area contributed by atoms with E-state index >= 15 is 0 Å². The molecule has 0 atom stereocenters. The van der Waals surface area contributed by atoms with E-state index in [9.17, 15) is 8.78 Å². The largest absolute Gasteiger partial charge is 0.493 e. The molecule has 0 radical (unpaired) electrons. The van der Waals surface area contributed by atoms with Crippen LogP contribution in [0.2, 0.25) is 0 Å². The molecule has 0 aliphatic heterocycles. The second kappa shape index (κ2) is 5.44. The normalized spacial score (nSPS) is 10.8. The summed E-state index contributed by atoms with van der Waals surface area (Å²) in [4.78, 5) is 0. The van der Waals surface area contributed by atoms with Crippen molar-refractivity contribution in [1.29, 1.82) is 0 Å². The first kappa shape index (κ1) is 13.4. The number of rotatable bonds is 4. The van der Waals surface area contributed by atoms with Crippen LogP contribution in [-0.4, -0.2) is 7.11 Å². The van der Waals surface area contributed by atoms with E-state index in [4.69, 9.17) is 9.15 Å². The molecule has 0 saturated heterocycles. The van der Waals surface area contributed by atoms with Gasteiger partial charge in [0.25, 0.3) is 0 Å². The summed E-state index contributed by atoms with van der Waals surface area (Å²) in [6, 6.07) is 10.8. The molecule has 1 heterocycles. The monoisotopic (exact) mass is 289 g/mol. The molecule has 3 nitrogen and oxygen atoms in total. The lowest BCUT2D eigenvalue weighted by Crippen LogP contribution is -2.00. The van der Waals surface area contributed by atoms with Gasteiger partial charge in [-0.1, -0.05) is 12.1 Å². The van der Waals surface area contributed by atoms with Crippen LogP contribution in [0.1, 0.15) is 5.76 Å². The lowest BCUT2D eigenvalue weighted by atomic mass is 10.2. The first-order chi connectivity index (χ1) is 10.2. The Morgan fingerprint density at radius 2 is 2.00 bits per heavy atom. The Labute approximate surface area is 120 Å². The summed E-state index contributed by atoms with van der Waals surface area (Å²) in [6.07, 6.45) is 0. The number of halogens is 2. The number of nitrogens with one attached hydrogen (secondary N) is 1. The van der Waals surface area contributed by atoms with E-state index in [1.807, 2.05) is 24.3 Å². The zero-order valence-corrected chi connectivity index (χ0v) is 11.3. The van der Waals surface area contributed by atoms with Crippen LogP contribution in [0.15, 0.2) is 46.9 Å². The van der Waals surface area contributed by atoms with Gasteiger partial charge in [0, 0.05) is 11.5 Å². The predicted molar refractivity (Wildman–Crippen MR) is 76.5 cm³/mol. The smallest absolute Gasteiger partial charge is 0.176 e. The Bertz CT molecular complexity index is 783. The third-order valence-corrected chi connectivity index (χ3v) is 3.16. The average molecular weight is 289 g/mol. The molecule has 0 bridgehead atoms. The van der Waals surface area contributed by atoms with Gasteiger partial charge in [-0.25, -0.2) is 8.78 Å². The number of hydrogen-bond donors (Lipinski definition) is 1. The Kier molecular flexibility index (Phi) is 3.48. The molecule has 3 aromatic rings. The van der Waals surface area contributed by atoms with Crippen LogP contribution >= 0.6 is 0 Å². The highest BCUT2D eigenvalue weighted by Crippen LogP contribution is 2.28. The van der Waals surface area contributed by atoms with Crippen molar-refractivity contribution in [3.05, 3.63) is 59.9 Å². The number of fused-ring (bicyclic) bond motifs is 1. The maximum absolute atomic E-state index is 13.5. The summed E-state index contributed by atoms with van der Waals surface area (Å²) in [5.41, 5.74) is 0.875. The number of benzene rings is 2. The maximum atomic E-state index is 13.5. The standard InChI is InChI=1S/C16H13F2NO2/c1-20-15-4-2-3-10-7-12(21-16(10)15)9-19-14-6-5-11(17)8-13(14)18/h2-8,19H,9H2,1H3. The van der Waals surface area contributed by atoms with Gasteiger partial charge < -0.3 is 14.5 Å². The van der Waals surface area contributed by atoms with Crippen molar-refractivity contribution in [2.24, 2.45) is 0 Å². The summed E-state index contributed by atoms with van der Waals surface area (Å²) in [7, 11) is 1.57. The summed E-state index contributed by atoms with van der Waals surface area (Å²) in [5, 5.41) is 3.79. The zero-order chi connectivity index (χ0) is 14.8. The number of furan rings is 1. The van der Waals surface area contributed by atoms with Gasteiger partial charge in [0.05, 0.1) is 19.3 Å². The molecule has 5 heteroatoms. The van der Waals surface area contributed by atoms with E-state index in [-0.39, 0.29) is 5.69 Å². The molecule has 0 amide bonds. The second-order valence-electron chi connectivity index (χ2n) is 4.57. The van der Waals surface area contributed by atoms with Gasteiger partial charge in [-0.15, -0.1) is 0 Å². The number of ether oxygens (including phenoxy) is 1. The van der Waals surface area contributed by atoms with Crippen LogP contribution < -0.4 is 10.1 Å². The fourth-order valence-electron chi connectivity index (χ4n) is 2.15. The third-order valence-electron chi connectivity index (χ3n) is 3.16. The van der Waals surface area contributed by atoms with Crippen molar-refractivity contribution in [1.82, 2.24) is 0 Å². The highest BCUT2D eigenvalue weighted by Gasteiger charge is 2.09. The van der Waals surface area contributed by atoms with E-state index in [0.29, 0.717) is 23.6 Å². The van der Waals surface area contributed by atoms with Gasteiger partial charge in [0.2, 0.25) is 0 Å². The fourth-order valence-corrected chi connectivity index (χ4v) is 2.15. The maximum Gasteiger partial charge on any atom is 0.176 e. The minimum atomic E-state index is -0.635. The highest BCUT2D eigenvalue weighted by molar-refractivity contribution is 5.83. The Morgan fingerprint density at radius 3 is 2.76 bits per heavy atom. The SMILES string of the molecule is COc1cccc2cc(CNc3ccc(F)cc3F)oc12. The van der Waals surface area contributed by atoms with Gasteiger partial charge >= 0.3 is 0 Å². The molecule has 0 aliphatic carbocycles. The quantitative estimate of drug-likeness (QED) is 0.776.